The lowest BCUT2D eigenvalue weighted by atomic mass is 9.88. The molecule has 30 heavy (non-hydrogen) atoms. The van der Waals surface area contributed by atoms with E-state index in [1.807, 2.05) is 6.07 Å². The first-order valence-electron chi connectivity index (χ1n) is 9.61. The van der Waals surface area contributed by atoms with Crippen LogP contribution in [0.25, 0.3) is 4.85 Å². The van der Waals surface area contributed by atoms with Gasteiger partial charge in [-0.3, -0.25) is 0 Å². The van der Waals surface area contributed by atoms with E-state index in [0.29, 0.717) is 12.2 Å². The van der Waals surface area contributed by atoms with Gasteiger partial charge in [0, 0.05) is 19.0 Å². The van der Waals surface area contributed by atoms with E-state index in [0.717, 1.165) is 34.0 Å². The molecule has 0 bridgehead atoms. The minimum absolute atomic E-state index is 0.153. The summed E-state index contributed by atoms with van der Waals surface area (Å²) < 4.78 is 40.6. The molecule has 0 amide bonds. The van der Waals surface area contributed by atoms with Crippen LogP contribution in [0.15, 0.2) is 35.3 Å². The van der Waals surface area contributed by atoms with Crippen LogP contribution >= 0.6 is 0 Å². The highest BCUT2D eigenvalue weighted by Gasteiger charge is 2.41. The fourth-order valence-electron chi connectivity index (χ4n) is 4.30. The summed E-state index contributed by atoms with van der Waals surface area (Å²) in [6.07, 6.45) is 2.37. The number of hydrogen-bond acceptors (Lipinski definition) is 5. The van der Waals surface area contributed by atoms with Gasteiger partial charge in [0.05, 0.1) is 5.75 Å². The molecular weight excluding hydrogens is 405 g/mol. The first kappa shape index (κ1) is 20.3. The quantitative estimate of drug-likeness (QED) is 0.763. The number of nitrogens with zero attached hydrogens (tertiary/aromatic N) is 4. The summed E-state index contributed by atoms with van der Waals surface area (Å²) in [6, 6.07) is 8.46. The lowest BCUT2D eigenvalue weighted by molar-refractivity contribution is 0.457. The van der Waals surface area contributed by atoms with Crippen LogP contribution in [0.1, 0.15) is 41.6 Å². The van der Waals surface area contributed by atoms with Crippen molar-refractivity contribution in [3.05, 3.63) is 70.0 Å². The Kier molecular flexibility index (Phi) is 4.77. The Morgan fingerprint density at radius 3 is 2.83 bits per heavy atom. The summed E-state index contributed by atoms with van der Waals surface area (Å²) in [4.78, 5) is 12.1. The van der Waals surface area contributed by atoms with Crippen LogP contribution in [0, 0.1) is 12.4 Å². The lowest BCUT2D eigenvalue weighted by Gasteiger charge is -2.34. The zero-order chi connectivity index (χ0) is 21.7. The Hall–Kier alpha value is -2.99. The smallest absolute Gasteiger partial charge is 0.269 e. The van der Waals surface area contributed by atoms with Crippen LogP contribution in [-0.4, -0.2) is 36.5 Å². The number of nitrogens with two attached hydrogens (primary N) is 1. The van der Waals surface area contributed by atoms with E-state index in [4.69, 9.17) is 12.3 Å². The fourth-order valence-corrected chi connectivity index (χ4v) is 5.75. The topological polar surface area (TPSA) is 93.0 Å². The number of fused-ring (bicyclic) bond motifs is 1. The SMILES string of the molecule is [C-]#[N+]c1ccc2c(n1)CC[C@H]2Cc1ccc(F)c([C@]2(C)CS(=O)(=O)N(C)C(N)=N2)c1. The van der Waals surface area contributed by atoms with Crippen LogP contribution in [0.5, 0.6) is 0 Å². The summed E-state index contributed by atoms with van der Waals surface area (Å²) in [7, 11) is -2.35. The molecule has 2 aromatic rings. The predicted octanol–water partition coefficient (Wildman–Crippen LogP) is 2.85. The molecule has 2 atom stereocenters. The average Bonchev–Trinajstić information content (AvgIpc) is 3.09. The van der Waals surface area contributed by atoms with Crippen LogP contribution in [0.3, 0.4) is 0 Å². The minimum atomic E-state index is -3.69. The monoisotopic (exact) mass is 427 g/mol. The molecule has 2 N–H and O–H groups in total. The van der Waals surface area contributed by atoms with Crippen molar-refractivity contribution < 1.29 is 12.8 Å². The first-order valence-corrected chi connectivity index (χ1v) is 11.2. The molecule has 0 saturated carbocycles. The third kappa shape index (κ3) is 3.41. The number of pyridine rings is 1. The largest absolute Gasteiger partial charge is 0.369 e. The molecule has 0 spiro atoms. The highest BCUT2D eigenvalue weighted by Crippen LogP contribution is 2.38. The van der Waals surface area contributed by atoms with Crippen molar-refractivity contribution in [3.8, 4) is 0 Å². The van der Waals surface area contributed by atoms with Crippen molar-refractivity contribution in [3.63, 3.8) is 0 Å². The van der Waals surface area contributed by atoms with Gasteiger partial charge in [0.1, 0.15) is 17.1 Å². The number of aryl methyl sites for hydroxylation is 1. The number of halogens is 1. The number of aliphatic imine (C=N–C) groups is 1. The van der Waals surface area contributed by atoms with Gasteiger partial charge in [0.25, 0.3) is 5.82 Å². The third-order valence-electron chi connectivity index (χ3n) is 5.94. The van der Waals surface area contributed by atoms with Gasteiger partial charge in [-0.2, -0.15) is 0 Å². The van der Waals surface area contributed by atoms with Gasteiger partial charge in [-0.1, -0.05) is 24.8 Å². The van der Waals surface area contributed by atoms with Crippen LogP contribution < -0.4 is 5.73 Å². The molecule has 156 valence electrons. The maximum Gasteiger partial charge on any atom is 0.269 e. The summed E-state index contributed by atoms with van der Waals surface area (Å²) in [5.74, 6) is -0.404. The van der Waals surface area contributed by atoms with Crippen molar-refractivity contribution in [1.29, 1.82) is 0 Å². The number of benzene rings is 1. The average molecular weight is 428 g/mol. The Bertz CT molecular complexity index is 1200. The zero-order valence-corrected chi connectivity index (χ0v) is 17.6. The summed E-state index contributed by atoms with van der Waals surface area (Å²) in [6.45, 7) is 8.70. The van der Waals surface area contributed by atoms with Crippen molar-refractivity contribution in [2.45, 2.75) is 37.6 Å². The number of guanidine groups is 1. The van der Waals surface area contributed by atoms with E-state index in [1.54, 1.807) is 25.1 Å². The van der Waals surface area contributed by atoms with E-state index in [1.165, 1.54) is 13.1 Å². The molecule has 7 nitrogen and oxygen atoms in total. The molecule has 2 aliphatic rings. The van der Waals surface area contributed by atoms with Crippen molar-refractivity contribution in [2.24, 2.45) is 10.7 Å². The summed E-state index contributed by atoms with van der Waals surface area (Å²) >= 11 is 0. The Labute approximate surface area is 175 Å². The second-order valence-electron chi connectivity index (χ2n) is 8.04. The van der Waals surface area contributed by atoms with Crippen molar-refractivity contribution >= 4 is 21.8 Å². The van der Waals surface area contributed by atoms with Gasteiger partial charge in [0.2, 0.25) is 16.0 Å². The molecule has 1 aromatic heterocycles. The molecular formula is C21H22FN5O2S. The number of aromatic nitrogens is 1. The Morgan fingerprint density at radius 2 is 2.13 bits per heavy atom. The van der Waals surface area contributed by atoms with Gasteiger partial charge in [-0.25, -0.2) is 22.1 Å². The molecule has 0 unspecified atom stereocenters. The Balaban J connectivity index is 1.67. The second-order valence-corrected chi connectivity index (χ2v) is 10.0. The summed E-state index contributed by atoms with van der Waals surface area (Å²) in [5.41, 5.74) is 7.69. The van der Waals surface area contributed by atoms with Gasteiger partial charge in [0.15, 0.2) is 0 Å². The van der Waals surface area contributed by atoms with E-state index in [2.05, 4.69) is 14.8 Å². The number of rotatable bonds is 3. The molecule has 2 heterocycles. The minimum Gasteiger partial charge on any atom is -0.369 e. The maximum atomic E-state index is 14.8. The molecule has 9 heteroatoms. The van der Waals surface area contributed by atoms with Crippen LogP contribution in [0.2, 0.25) is 0 Å². The highest BCUT2D eigenvalue weighted by molar-refractivity contribution is 7.89. The number of hydrogen-bond donors (Lipinski definition) is 1. The van der Waals surface area contributed by atoms with Crippen molar-refractivity contribution in [1.82, 2.24) is 9.29 Å². The Morgan fingerprint density at radius 1 is 1.37 bits per heavy atom. The highest BCUT2D eigenvalue weighted by atomic mass is 32.2. The zero-order valence-electron chi connectivity index (χ0n) is 16.8. The van der Waals surface area contributed by atoms with E-state index < -0.39 is 21.4 Å². The normalized spacial score (nSPS) is 24.8. The molecule has 1 aliphatic heterocycles. The van der Waals surface area contributed by atoms with E-state index >= 15 is 0 Å². The molecule has 0 fully saturated rings. The lowest BCUT2D eigenvalue weighted by Crippen LogP contribution is -2.50. The third-order valence-corrected chi connectivity index (χ3v) is 7.88. The first-order chi connectivity index (χ1) is 14.1. The van der Waals surface area contributed by atoms with E-state index in [-0.39, 0.29) is 23.2 Å². The van der Waals surface area contributed by atoms with Gasteiger partial charge in [-0.05, 0) is 48.9 Å². The maximum absolute atomic E-state index is 14.8. The molecule has 1 aromatic carbocycles. The summed E-state index contributed by atoms with van der Waals surface area (Å²) in [5, 5.41) is 0. The van der Waals surface area contributed by atoms with Gasteiger partial charge < -0.3 is 10.6 Å². The van der Waals surface area contributed by atoms with Gasteiger partial charge >= 0.3 is 0 Å². The van der Waals surface area contributed by atoms with E-state index in [9.17, 15) is 12.8 Å². The fraction of sp³-hybridized carbons (Fsp3) is 0.381. The second kappa shape index (κ2) is 7.06. The van der Waals surface area contributed by atoms with Crippen LogP contribution in [0.4, 0.5) is 10.2 Å². The molecule has 4 rings (SSSR count). The van der Waals surface area contributed by atoms with Crippen LogP contribution in [-0.2, 0) is 28.4 Å². The predicted molar refractivity (Wildman–Crippen MR) is 112 cm³/mol. The molecule has 1 aliphatic carbocycles. The molecule has 0 radical (unpaired) electrons. The van der Waals surface area contributed by atoms with Gasteiger partial charge in [-0.15, -0.1) is 4.98 Å². The standard InChI is InChI=1S/C21H22FN5O2S/c1-21(12-30(28,29)27(3)20(23)26-21)16-11-13(4-7-17(16)22)10-14-5-8-18-15(14)6-9-19(24-2)25-18/h4,6-7,9,11,14H,5,8,10,12H2,1,3H3,(H2,23,26)/t14-,21-/m0/s1. The number of sulfonamides is 1. The van der Waals surface area contributed by atoms with Crippen molar-refractivity contribution in [2.75, 3.05) is 12.8 Å². The molecule has 0 saturated heterocycles.